The maximum atomic E-state index is 6.08. The van der Waals surface area contributed by atoms with Gasteiger partial charge in [-0.05, 0) is 45.7 Å². The quantitative estimate of drug-likeness (QED) is 0.793. The number of likely N-dealkylation sites (tertiary alicyclic amines) is 1. The molecule has 2 aliphatic heterocycles. The molecule has 0 amide bonds. The number of hydrogen-bond donors (Lipinski definition) is 0. The van der Waals surface area contributed by atoms with E-state index in [4.69, 9.17) is 9.26 Å². The van der Waals surface area contributed by atoms with Crippen molar-refractivity contribution >= 4 is 6.01 Å². The molecule has 3 heterocycles. The van der Waals surface area contributed by atoms with Gasteiger partial charge in [-0.1, -0.05) is 35.0 Å². The van der Waals surface area contributed by atoms with Crippen molar-refractivity contribution in [2.75, 3.05) is 44.2 Å². The summed E-state index contributed by atoms with van der Waals surface area (Å²) in [5.41, 5.74) is 2.22. The van der Waals surface area contributed by atoms with Gasteiger partial charge in [0.2, 0.25) is 5.82 Å². The number of ether oxygens (including phenoxy) is 1. The van der Waals surface area contributed by atoms with E-state index in [1.807, 2.05) is 12.1 Å². The molecule has 2 saturated heterocycles. The molecule has 0 saturated carbocycles. The summed E-state index contributed by atoms with van der Waals surface area (Å²) in [4.78, 5) is 9.25. The Balaban J connectivity index is 1.25. The van der Waals surface area contributed by atoms with E-state index in [9.17, 15) is 0 Å². The van der Waals surface area contributed by atoms with Gasteiger partial charge in [0.25, 0.3) is 0 Å². The molecule has 26 heavy (non-hydrogen) atoms. The van der Waals surface area contributed by atoms with E-state index < -0.39 is 0 Å². The third-order valence-corrected chi connectivity index (χ3v) is 5.40. The van der Waals surface area contributed by atoms with Crippen molar-refractivity contribution in [3.8, 4) is 11.4 Å². The lowest BCUT2D eigenvalue weighted by molar-refractivity contribution is 0.0260. The van der Waals surface area contributed by atoms with E-state index in [1.165, 1.54) is 31.5 Å². The number of nitrogens with zero attached hydrogens (tertiary/aromatic N) is 4. The molecule has 6 nitrogen and oxygen atoms in total. The minimum absolute atomic E-state index is 0.355. The molecular formula is C20H28N4O2. The van der Waals surface area contributed by atoms with Gasteiger partial charge in [0.05, 0.1) is 12.7 Å². The molecule has 0 bridgehead atoms. The molecule has 0 aliphatic carbocycles. The van der Waals surface area contributed by atoms with Crippen molar-refractivity contribution in [1.82, 2.24) is 15.0 Å². The van der Waals surface area contributed by atoms with Crippen LogP contribution < -0.4 is 4.90 Å². The fourth-order valence-electron chi connectivity index (χ4n) is 3.73. The minimum atomic E-state index is 0.355. The van der Waals surface area contributed by atoms with Crippen LogP contribution >= 0.6 is 0 Å². The van der Waals surface area contributed by atoms with Gasteiger partial charge in [-0.2, -0.15) is 4.98 Å². The van der Waals surface area contributed by atoms with Gasteiger partial charge < -0.3 is 19.1 Å². The smallest absolute Gasteiger partial charge is 0.324 e. The van der Waals surface area contributed by atoms with Crippen molar-refractivity contribution in [3.05, 3.63) is 29.8 Å². The lowest BCUT2D eigenvalue weighted by Crippen LogP contribution is -2.38. The van der Waals surface area contributed by atoms with Gasteiger partial charge >= 0.3 is 6.01 Å². The van der Waals surface area contributed by atoms with Gasteiger partial charge in [-0.15, -0.1) is 0 Å². The Morgan fingerprint density at radius 1 is 1.08 bits per heavy atom. The molecule has 4 rings (SSSR count). The Bertz CT molecular complexity index is 686. The molecule has 1 aromatic carbocycles. The summed E-state index contributed by atoms with van der Waals surface area (Å²) in [6.07, 6.45) is 5.07. The van der Waals surface area contributed by atoms with E-state index in [1.54, 1.807) is 0 Å². The zero-order chi connectivity index (χ0) is 17.8. The Kier molecular flexibility index (Phi) is 5.51. The summed E-state index contributed by atoms with van der Waals surface area (Å²) in [6, 6.07) is 8.82. The van der Waals surface area contributed by atoms with E-state index in [-0.39, 0.29) is 0 Å². The maximum absolute atomic E-state index is 6.08. The minimum Gasteiger partial charge on any atom is -0.377 e. The molecule has 0 unspecified atom stereocenters. The van der Waals surface area contributed by atoms with Gasteiger partial charge in [0.1, 0.15) is 0 Å². The zero-order valence-corrected chi connectivity index (χ0v) is 15.6. The Labute approximate surface area is 155 Å². The topological polar surface area (TPSA) is 54.6 Å². The Morgan fingerprint density at radius 2 is 1.81 bits per heavy atom. The lowest BCUT2D eigenvalue weighted by atomic mass is 10.1. The SMILES string of the molecule is Cc1ccc(-c2noc(N3CCC(OCCN4CCCC4)CC3)n2)cc1. The van der Waals surface area contributed by atoms with Crippen LogP contribution in [-0.4, -0.2) is 60.5 Å². The summed E-state index contributed by atoms with van der Waals surface area (Å²) in [5, 5.41) is 4.14. The second-order valence-electron chi connectivity index (χ2n) is 7.37. The number of aromatic nitrogens is 2. The number of anilines is 1. The highest BCUT2D eigenvalue weighted by molar-refractivity contribution is 5.56. The van der Waals surface area contributed by atoms with Crippen molar-refractivity contribution < 1.29 is 9.26 Å². The average molecular weight is 356 g/mol. The molecule has 0 N–H and O–H groups in total. The fourth-order valence-corrected chi connectivity index (χ4v) is 3.73. The molecule has 2 fully saturated rings. The van der Waals surface area contributed by atoms with Gasteiger partial charge in [0.15, 0.2) is 0 Å². The predicted octanol–water partition coefficient (Wildman–Crippen LogP) is 3.13. The molecule has 2 aliphatic rings. The van der Waals surface area contributed by atoms with Crippen molar-refractivity contribution in [1.29, 1.82) is 0 Å². The van der Waals surface area contributed by atoms with Crippen molar-refractivity contribution in [2.45, 2.75) is 38.7 Å². The molecule has 2 aromatic rings. The Hall–Kier alpha value is -1.92. The maximum Gasteiger partial charge on any atom is 0.324 e. The van der Waals surface area contributed by atoms with Crippen LogP contribution in [0.1, 0.15) is 31.2 Å². The molecule has 1 aromatic heterocycles. The van der Waals surface area contributed by atoms with Crippen LogP contribution in [0, 0.1) is 6.92 Å². The standard InChI is InChI=1S/C20H28N4O2/c1-16-4-6-17(7-5-16)19-21-20(26-22-19)24-12-8-18(9-13-24)25-15-14-23-10-2-3-11-23/h4-7,18H,2-3,8-15H2,1H3. The van der Waals surface area contributed by atoms with Gasteiger partial charge in [0, 0.05) is 25.2 Å². The predicted molar refractivity (Wildman–Crippen MR) is 101 cm³/mol. The summed E-state index contributed by atoms with van der Waals surface area (Å²) in [5.74, 6) is 0.656. The third kappa shape index (κ3) is 4.24. The van der Waals surface area contributed by atoms with Crippen LogP contribution in [-0.2, 0) is 4.74 Å². The van der Waals surface area contributed by atoms with Crippen LogP contribution in [0.25, 0.3) is 11.4 Å². The van der Waals surface area contributed by atoms with Crippen molar-refractivity contribution in [2.24, 2.45) is 0 Å². The second kappa shape index (κ2) is 8.18. The van der Waals surface area contributed by atoms with Crippen LogP contribution in [0.3, 0.4) is 0 Å². The number of piperidine rings is 1. The monoisotopic (exact) mass is 356 g/mol. The fraction of sp³-hybridized carbons (Fsp3) is 0.600. The first kappa shape index (κ1) is 17.5. The van der Waals surface area contributed by atoms with Crippen LogP contribution in [0.4, 0.5) is 6.01 Å². The number of aryl methyl sites for hydroxylation is 1. The average Bonchev–Trinajstić information content (AvgIpc) is 3.35. The number of rotatable bonds is 6. The summed E-state index contributed by atoms with van der Waals surface area (Å²) < 4.78 is 11.6. The van der Waals surface area contributed by atoms with E-state index in [2.05, 4.69) is 39.0 Å². The van der Waals surface area contributed by atoms with Gasteiger partial charge in [-0.3, -0.25) is 0 Å². The highest BCUT2D eigenvalue weighted by atomic mass is 16.5. The van der Waals surface area contributed by atoms with E-state index in [0.717, 1.165) is 44.6 Å². The molecule has 6 heteroatoms. The van der Waals surface area contributed by atoms with Crippen LogP contribution in [0.2, 0.25) is 0 Å². The first-order chi connectivity index (χ1) is 12.8. The first-order valence-corrected chi connectivity index (χ1v) is 9.77. The number of benzene rings is 1. The highest BCUT2D eigenvalue weighted by Crippen LogP contribution is 2.23. The molecular weight excluding hydrogens is 328 g/mol. The summed E-state index contributed by atoms with van der Waals surface area (Å²) >= 11 is 0. The van der Waals surface area contributed by atoms with E-state index in [0.29, 0.717) is 17.9 Å². The Morgan fingerprint density at radius 3 is 2.54 bits per heavy atom. The highest BCUT2D eigenvalue weighted by Gasteiger charge is 2.24. The molecule has 0 spiro atoms. The summed E-state index contributed by atoms with van der Waals surface area (Å²) in [6.45, 7) is 8.29. The molecule has 140 valence electrons. The molecule has 0 radical (unpaired) electrons. The van der Waals surface area contributed by atoms with Crippen molar-refractivity contribution in [3.63, 3.8) is 0 Å². The van der Waals surface area contributed by atoms with Crippen LogP contribution in [0.5, 0.6) is 0 Å². The zero-order valence-electron chi connectivity index (χ0n) is 15.6. The summed E-state index contributed by atoms with van der Waals surface area (Å²) in [7, 11) is 0. The normalized spacial score (nSPS) is 19.3. The van der Waals surface area contributed by atoms with Crippen LogP contribution in [0.15, 0.2) is 28.8 Å². The van der Waals surface area contributed by atoms with Gasteiger partial charge in [-0.25, -0.2) is 0 Å². The third-order valence-electron chi connectivity index (χ3n) is 5.40. The number of hydrogen-bond acceptors (Lipinski definition) is 6. The van der Waals surface area contributed by atoms with E-state index >= 15 is 0 Å². The second-order valence-corrected chi connectivity index (χ2v) is 7.37. The first-order valence-electron chi connectivity index (χ1n) is 9.77. The lowest BCUT2D eigenvalue weighted by Gasteiger charge is -2.30. The largest absolute Gasteiger partial charge is 0.377 e. The molecule has 0 atom stereocenters.